The van der Waals surface area contributed by atoms with Gasteiger partial charge in [0, 0.05) is 25.2 Å². The van der Waals surface area contributed by atoms with E-state index in [0.717, 1.165) is 13.1 Å². The van der Waals surface area contributed by atoms with E-state index in [9.17, 15) is 4.79 Å². The molecular formula is C18H25N3O3S. The van der Waals surface area contributed by atoms with Crippen molar-refractivity contribution >= 4 is 23.1 Å². The van der Waals surface area contributed by atoms with Gasteiger partial charge in [0.2, 0.25) is 0 Å². The molecule has 0 aliphatic carbocycles. The number of aromatic amines is 1. The normalized spacial score (nSPS) is 18.4. The van der Waals surface area contributed by atoms with Crippen LogP contribution in [0.5, 0.6) is 11.5 Å². The van der Waals surface area contributed by atoms with Crippen molar-refractivity contribution in [3.63, 3.8) is 0 Å². The average molecular weight is 363 g/mol. The highest BCUT2D eigenvalue weighted by molar-refractivity contribution is 7.71. The third-order valence-electron chi connectivity index (χ3n) is 5.04. The molecule has 1 saturated heterocycles. The van der Waals surface area contributed by atoms with Gasteiger partial charge >= 0.3 is 0 Å². The first-order chi connectivity index (χ1) is 12.0. The van der Waals surface area contributed by atoms with E-state index in [0.29, 0.717) is 39.8 Å². The Morgan fingerprint density at radius 3 is 2.60 bits per heavy atom. The van der Waals surface area contributed by atoms with Crippen LogP contribution in [-0.2, 0) is 6.54 Å². The minimum atomic E-state index is -0.0932. The van der Waals surface area contributed by atoms with Gasteiger partial charge in [-0.2, -0.15) is 0 Å². The lowest BCUT2D eigenvalue weighted by Crippen LogP contribution is -2.40. The summed E-state index contributed by atoms with van der Waals surface area (Å²) >= 11 is 5.42. The van der Waals surface area contributed by atoms with Crippen molar-refractivity contribution in [3.05, 3.63) is 27.3 Å². The number of likely N-dealkylation sites (tertiary alicyclic amines) is 1. The minimum Gasteiger partial charge on any atom is -0.493 e. The average Bonchev–Trinajstić information content (AvgIpc) is 2.62. The van der Waals surface area contributed by atoms with Gasteiger partial charge in [-0.3, -0.25) is 14.3 Å². The van der Waals surface area contributed by atoms with Gasteiger partial charge in [0.1, 0.15) is 0 Å². The summed E-state index contributed by atoms with van der Waals surface area (Å²) in [4.78, 5) is 18.5. The van der Waals surface area contributed by atoms with E-state index in [1.807, 2.05) is 0 Å². The van der Waals surface area contributed by atoms with Crippen LogP contribution in [0.15, 0.2) is 16.9 Å². The van der Waals surface area contributed by atoms with Gasteiger partial charge in [-0.25, -0.2) is 0 Å². The molecule has 6 nitrogen and oxygen atoms in total. The van der Waals surface area contributed by atoms with Gasteiger partial charge in [0.05, 0.1) is 25.1 Å². The van der Waals surface area contributed by atoms with Gasteiger partial charge in [-0.1, -0.05) is 6.42 Å². The molecule has 1 aliphatic heterocycles. The largest absolute Gasteiger partial charge is 0.493 e. The van der Waals surface area contributed by atoms with Crippen LogP contribution in [-0.4, -0.2) is 47.8 Å². The number of nitrogens with one attached hydrogen (secondary N) is 1. The Morgan fingerprint density at radius 2 is 1.92 bits per heavy atom. The number of hydrogen-bond acceptors (Lipinski definition) is 5. The number of fused-ring (bicyclic) bond motifs is 1. The highest BCUT2D eigenvalue weighted by Gasteiger charge is 2.18. The maximum Gasteiger partial charge on any atom is 0.262 e. The fraction of sp³-hybridized carbons (Fsp3) is 0.556. The summed E-state index contributed by atoms with van der Waals surface area (Å²) in [5.74, 6) is 1.11. The Labute approximate surface area is 152 Å². The fourth-order valence-electron chi connectivity index (χ4n) is 3.50. The highest BCUT2D eigenvalue weighted by atomic mass is 32.1. The maximum atomic E-state index is 12.9. The van der Waals surface area contributed by atoms with Crippen molar-refractivity contribution in [2.45, 2.75) is 38.8 Å². The fourth-order valence-corrected chi connectivity index (χ4v) is 3.79. The van der Waals surface area contributed by atoms with E-state index in [4.69, 9.17) is 21.7 Å². The molecule has 0 radical (unpaired) electrons. The van der Waals surface area contributed by atoms with E-state index < -0.39 is 0 Å². The predicted molar refractivity (Wildman–Crippen MR) is 101 cm³/mol. The Balaban J connectivity index is 1.95. The summed E-state index contributed by atoms with van der Waals surface area (Å²) in [5.41, 5.74) is 0.569. The lowest BCUT2D eigenvalue weighted by atomic mass is 10.0. The zero-order valence-corrected chi connectivity index (χ0v) is 15.8. The van der Waals surface area contributed by atoms with Crippen LogP contribution in [0.1, 0.15) is 26.2 Å². The summed E-state index contributed by atoms with van der Waals surface area (Å²) in [5, 5.41) is 0.554. The lowest BCUT2D eigenvalue weighted by Gasteiger charge is -2.33. The zero-order valence-electron chi connectivity index (χ0n) is 15.0. The molecule has 0 bridgehead atoms. The van der Waals surface area contributed by atoms with Crippen LogP contribution in [0.2, 0.25) is 0 Å². The molecule has 25 heavy (non-hydrogen) atoms. The van der Waals surface area contributed by atoms with E-state index >= 15 is 0 Å². The van der Waals surface area contributed by atoms with Crippen LogP contribution >= 0.6 is 12.2 Å². The molecule has 1 aromatic carbocycles. The Kier molecular flexibility index (Phi) is 5.44. The zero-order chi connectivity index (χ0) is 18.0. The summed E-state index contributed by atoms with van der Waals surface area (Å²) in [7, 11) is 3.13. The Bertz CT molecular complexity index is 874. The van der Waals surface area contributed by atoms with Crippen LogP contribution in [0, 0.1) is 4.77 Å². The first kappa shape index (κ1) is 17.9. The molecule has 136 valence electrons. The second-order valence-corrected chi connectivity index (χ2v) is 6.91. The first-order valence-corrected chi connectivity index (χ1v) is 9.09. The Morgan fingerprint density at radius 1 is 1.20 bits per heavy atom. The number of hydrogen-bond donors (Lipinski definition) is 1. The molecule has 0 saturated carbocycles. The van der Waals surface area contributed by atoms with Crippen LogP contribution < -0.4 is 15.0 Å². The van der Waals surface area contributed by atoms with Gasteiger partial charge < -0.3 is 14.5 Å². The van der Waals surface area contributed by atoms with Crippen molar-refractivity contribution in [1.29, 1.82) is 0 Å². The minimum absolute atomic E-state index is 0.0932. The van der Waals surface area contributed by atoms with Crippen molar-refractivity contribution in [1.82, 2.24) is 14.5 Å². The van der Waals surface area contributed by atoms with Gasteiger partial charge in [0.15, 0.2) is 16.3 Å². The molecule has 7 heteroatoms. The molecule has 0 amide bonds. The molecule has 2 heterocycles. The van der Waals surface area contributed by atoms with Crippen LogP contribution in [0.25, 0.3) is 10.9 Å². The number of ether oxygens (including phenoxy) is 2. The SMILES string of the molecule is COc1cc2[nH]c(=S)n(CCN3CCCC[C@@H]3C)c(=O)c2cc1OC. The number of H-pyrrole nitrogens is 1. The molecule has 1 atom stereocenters. The van der Waals surface area contributed by atoms with E-state index in [2.05, 4.69) is 16.8 Å². The van der Waals surface area contributed by atoms with Gasteiger partial charge in [-0.15, -0.1) is 0 Å². The summed E-state index contributed by atoms with van der Waals surface area (Å²) < 4.78 is 12.7. The maximum absolute atomic E-state index is 12.9. The molecule has 0 unspecified atom stereocenters. The molecule has 1 aliphatic rings. The smallest absolute Gasteiger partial charge is 0.262 e. The Hall–Kier alpha value is -1.86. The summed E-state index contributed by atoms with van der Waals surface area (Å²) in [6, 6.07) is 4.02. The third-order valence-corrected chi connectivity index (χ3v) is 5.36. The quantitative estimate of drug-likeness (QED) is 0.828. The van der Waals surface area contributed by atoms with Crippen molar-refractivity contribution in [2.75, 3.05) is 27.3 Å². The summed E-state index contributed by atoms with van der Waals surface area (Å²) in [6.45, 7) is 4.76. The number of methoxy groups -OCH3 is 2. The molecule has 3 rings (SSSR count). The van der Waals surface area contributed by atoms with Crippen molar-refractivity contribution in [3.8, 4) is 11.5 Å². The van der Waals surface area contributed by atoms with Gasteiger partial charge in [-0.05, 0) is 44.6 Å². The molecule has 1 aromatic heterocycles. The lowest BCUT2D eigenvalue weighted by molar-refractivity contribution is 0.154. The van der Waals surface area contributed by atoms with E-state index in [1.54, 1.807) is 30.9 Å². The van der Waals surface area contributed by atoms with Crippen molar-refractivity contribution in [2.24, 2.45) is 0 Å². The molecule has 1 fully saturated rings. The number of rotatable bonds is 5. The third kappa shape index (κ3) is 3.57. The topological polar surface area (TPSA) is 59.5 Å². The first-order valence-electron chi connectivity index (χ1n) is 8.68. The second-order valence-electron chi connectivity index (χ2n) is 6.52. The number of aromatic nitrogens is 2. The number of benzene rings is 1. The van der Waals surface area contributed by atoms with Crippen molar-refractivity contribution < 1.29 is 9.47 Å². The second kappa shape index (κ2) is 7.58. The monoisotopic (exact) mass is 363 g/mol. The number of piperidine rings is 1. The standard InChI is InChI=1S/C18H25N3O3S/c1-12-6-4-5-7-20(12)8-9-21-17(22)13-10-15(23-2)16(24-3)11-14(13)19-18(21)25/h10-12H,4-9H2,1-3H3,(H,19,25)/t12-/m0/s1. The highest BCUT2D eigenvalue weighted by Crippen LogP contribution is 2.29. The predicted octanol–water partition coefficient (Wildman–Crippen LogP) is 2.95. The molecule has 0 spiro atoms. The van der Waals surface area contributed by atoms with E-state index in [-0.39, 0.29) is 5.56 Å². The number of nitrogens with zero attached hydrogens (tertiary/aromatic N) is 2. The molecular weight excluding hydrogens is 338 g/mol. The van der Waals surface area contributed by atoms with Crippen LogP contribution in [0.3, 0.4) is 0 Å². The molecule has 1 N–H and O–H groups in total. The van der Waals surface area contributed by atoms with E-state index in [1.165, 1.54) is 19.3 Å². The molecule has 2 aromatic rings. The summed E-state index contributed by atoms with van der Waals surface area (Å²) in [6.07, 6.45) is 3.73. The van der Waals surface area contributed by atoms with Crippen LogP contribution in [0.4, 0.5) is 0 Å². The van der Waals surface area contributed by atoms with Gasteiger partial charge in [0.25, 0.3) is 5.56 Å².